The predicted octanol–water partition coefficient (Wildman–Crippen LogP) is 5.07. The quantitative estimate of drug-likeness (QED) is 0.327. The molecule has 2 heterocycles. The van der Waals surface area contributed by atoms with Crippen molar-refractivity contribution in [2.75, 3.05) is 13.1 Å². The van der Waals surface area contributed by atoms with E-state index in [1.807, 2.05) is 12.3 Å². The van der Waals surface area contributed by atoms with Crippen LogP contribution in [0.25, 0.3) is 11.0 Å². The van der Waals surface area contributed by atoms with Gasteiger partial charge in [-0.05, 0) is 47.7 Å². The van der Waals surface area contributed by atoms with Gasteiger partial charge in [0, 0.05) is 13.1 Å². The smallest absolute Gasteiger partial charge is 0.264 e. The van der Waals surface area contributed by atoms with Gasteiger partial charge in [-0.25, -0.2) is 4.39 Å². The van der Waals surface area contributed by atoms with Gasteiger partial charge in [0.1, 0.15) is 17.9 Å². The zero-order valence-corrected chi connectivity index (χ0v) is 20.1. The number of para-hydroxylation sites is 1. The fourth-order valence-electron chi connectivity index (χ4n) is 3.82. The van der Waals surface area contributed by atoms with Crippen LogP contribution in [0.2, 0.25) is 0 Å². The van der Waals surface area contributed by atoms with E-state index in [1.165, 1.54) is 39.5 Å². The van der Waals surface area contributed by atoms with E-state index < -0.39 is 0 Å². The van der Waals surface area contributed by atoms with Gasteiger partial charge in [0.2, 0.25) is 5.91 Å². The Hall–Kier alpha value is -3.78. The number of rotatable bonds is 9. The van der Waals surface area contributed by atoms with E-state index in [2.05, 4.69) is 0 Å². The molecule has 0 aliphatic heterocycles. The number of thiophene rings is 1. The first-order valence-corrected chi connectivity index (χ1v) is 12.2. The number of nitrogens with zero attached hydrogens (tertiary/aromatic N) is 2. The lowest BCUT2D eigenvalue weighted by molar-refractivity contribution is -0.133. The number of carbonyl (C=O) groups is 2. The highest BCUT2D eigenvalue weighted by molar-refractivity contribution is 7.12. The van der Waals surface area contributed by atoms with E-state index in [-0.39, 0.29) is 42.7 Å². The van der Waals surface area contributed by atoms with Crippen molar-refractivity contribution in [2.24, 2.45) is 0 Å². The third kappa shape index (κ3) is 5.84. The summed E-state index contributed by atoms with van der Waals surface area (Å²) < 4.78 is 19.1. The fourth-order valence-corrected chi connectivity index (χ4v) is 4.51. The molecule has 4 aromatic rings. The number of benzene rings is 2. The lowest BCUT2D eigenvalue weighted by Gasteiger charge is -2.27. The number of hydrogen-bond donors (Lipinski definition) is 0. The summed E-state index contributed by atoms with van der Waals surface area (Å²) in [7, 11) is 0. The van der Waals surface area contributed by atoms with Crippen LogP contribution >= 0.6 is 11.3 Å². The molecule has 0 aliphatic carbocycles. The molecule has 2 aromatic heterocycles. The van der Waals surface area contributed by atoms with Gasteiger partial charge >= 0.3 is 0 Å². The molecular weight excluding hydrogens is 467 g/mol. The molecule has 6 nitrogen and oxygen atoms in total. The second-order valence-electron chi connectivity index (χ2n) is 8.17. The molecule has 8 heteroatoms. The summed E-state index contributed by atoms with van der Waals surface area (Å²) in [5, 5.41) is 2.25. The maximum absolute atomic E-state index is 13.5. The van der Waals surface area contributed by atoms with Crippen LogP contribution in [0.15, 0.2) is 81.5 Å². The summed E-state index contributed by atoms with van der Waals surface area (Å²) in [6.07, 6.45) is 2.06. The summed E-state index contributed by atoms with van der Waals surface area (Å²) in [6.45, 7) is 2.38. The Morgan fingerprint density at radius 2 is 1.74 bits per heavy atom. The molecule has 4 rings (SSSR count). The SMILES string of the molecule is CCCN(CC(=O)N(Cc1ccc(F)cc1)Cc1coc2ccccc2c1=O)C(=O)c1cccs1. The molecule has 0 bridgehead atoms. The second-order valence-corrected chi connectivity index (χ2v) is 9.11. The molecule has 0 atom stereocenters. The number of carbonyl (C=O) groups excluding carboxylic acids is 2. The molecule has 0 unspecified atom stereocenters. The average molecular weight is 493 g/mol. The molecule has 0 N–H and O–H groups in total. The topological polar surface area (TPSA) is 70.8 Å². The van der Waals surface area contributed by atoms with Gasteiger partial charge in [0.25, 0.3) is 5.91 Å². The summed E-state index contributed by atoms with van der Waals surface area (Å²) in [5.74, 6) is -0.903. The Labute approximate surface area is 206 Å². The van der Waals surface area contributed by atoms with Gasteiger partial charge in [-0.1, -0.05) is 37.3 Å². The predicted molar refractivity (Wildman–Crippen MR) is 134 cm³/mol. The molecule has 0 fully saturated rings. The van der Waals surface area contributed by atoms with Gasteiger partial charge in [0.05, 0.1) is 28.6 Å². The largest absolute Gasteiger partial charge is 0.464 e. The Bertz CT molecular complexity index is 1370. The lowest BCUT2D eigenvalue weighted by Crippen LogP contribution is -2.43. The van der Waals surface area contributed by atoms with Crippen molar-refractivity contribution in [3.8, 4) is 0 Å². The van der Waals surface area contributed by atoms with E-state index >= 15 is 0 Å². The zero-order chi connectivity index (χ0) is 24.8. The van der Waals surface area contributed by atoms with Crippen LogP contribution < -0.4 is 5.43 Å². The van der Waals surface area contributed by atoms with E-state index in [0.29, 0.717) is 39.9 Å². The maximum atomic E-state index is 13.5. The van der Waals surface area contributed by atoms with Crippen LogP contribution in [-0.2, 0) is 17.9 Å². The summed E-state index contributed by atoms with van der Waals surface area (Å²) in [4.78, 5) is 43.1. The van der Waals surface area contributed by atoms with E-state index in [1.54, 1.807) is 48.5 Å². The highest BCUT2D eigenvalue weighted by Crippen LogP contribution is 2.16. The summed E-state index contributed by atoms with van der Waals surface area (Å²) >= 11 is 1.32. The van der Waals surface area contributed by atoms with Crippen LogP contribution in [-0.4, -0.2) is 34.7 Å². The highest BCUT2D eigenvalue weighted by Gasteiger charge is 2.24. The number of hydrogen-bond acceptors (Lipinski definition) is 5. The van der Waals surface area contributed by atoms with Crippen molar-refractivity contribution >= 4 is 34.1 Å². The van der Waals surface area contributed by atoms with Gasteiger partial charge in [0.15, 0.2) is 5.43 Å². The minimum atomic E-state index is -0.377. The molecule has 0 spiro atoms. The average Bonchev–Trinajstić information content (AvgIpc) is 3.41. The molecule has 0 saturated heterocycles. The van der Waals surface area contributed by atoms with Gasteiger partial charge in [-0.15, -0.1) is 11.3 Å². The Balaban J connectivity index is 1.62. The van der Waals surface area contributed by atoms with Crippen molar-refractivity contribution in [1.29, 1.82) is 0 Å². The molecule has 0 aliphatic rings. The first-order chi connectivity index (χ1) is 17.0. The standard InChI is InChI=1S/C27H25FN2O4S/c1-2-13-29(27(33)24-8-5-14-35-24)17-25(31)30(15-19-9-11-21(28)12-10-19)16-20-18-34-23-7-4-3-6-22(23)26(20)32/h3-12,14,18H,2,13,15-17H2,1H3. The molecule has 2 amide bonds. The van der Waals surface area contributed by atoms with Gasteiger partial charge in [-0.2, -0.15) is 0 Å². The third-order valence-electron chi connectivity index (χ3n) is 5.59. The van der Waals surface area contributed by atoms with Gasteiger partial charge in [-0.3, -0.25) is 14.4 Å². The Morgan fingerprint density at radius 3 is 2.46 bits per heavy atom. The fraction of sp³-hybridized carbons (Fsp3) is 0.222. The lowest BCUT2D eigenvalue weighted by atomic mass is 10.1. The van der Waals surface area contributed by atoms with Crippen LogP contribution in [0, 0.1) is 5.82 Å². The van der Waals surface area contributed by atoms with Crippen LogP contribution in [0.3, 0.4) is 0 Å². The van der Waals surface area contributed by atoms with E-state index in [0.717, 1.165) is 0 Å². The Kier molecular flexibility index (Phi) is 7.72. The molecule has 2 aromatic carbocycles. The first kappa shape index (κ1) is 24.3. The molecule has 180 valence electrons. The number of halogens is 1. The normalized spacial score (nSPS) is 10.9. The first-order valence-electron chi connectivity index (χ1n) is 11.3. The van der Waals surface area contributed by atoms with E-state index in [4.69, 9.17) is 4.42 Å². The molecule has 0 radical (unpaired) electrons. The monoisotopic (exact) mass is 492 g/mol. The van der Waals surface area contributed by atoms with Crippen molar-refractivity contribution in [3.05, 3.63) is 104 Å². The second kappa shape index (κ2) is 11.1. The van der Waals surface area contributed by atoms with Gasteiger partial charge < -0.3 is 14.2 Å². The van der Waals surface area contributed by atoms with Crippen LogP contribution in [0.4, 0.5) is 4.39 Å². The molecular formula is C27H25FN2O4S. The van der Waals surface area contributed by atoms with Crippen molar-refractivity contribution in [1.82, 2.24) is 9.80 Å². The Morgan fingerprint density at radius 1 is 0.971 bits per heavy atom. The van der Waals surface area contributed by atoms with Crippen molar-refractivity contribution in [3.63, 3.8) is 0 Å². The van der Waals surface area contributed by atoms with E-state index in [9.17, 15) is 18.8 Å². The molecule has 35 heavy (non-hydrogen) atoms. The number of fused-ring (bicyclic) bond motifs is 1. The van der Waals surface area contributed by atoms with Crippen molar-refractivity contribution in [2.45, 2.75) is 26.4 Å². The highest BCUT2D eigenvalue weighted by atomic mass is 32.1. The van der Waals surface area contributed by atoms with Crippen LogP contribution in [0.1, 0.15) is 34.1 Å². The number of amides is 2. The third-order valence-corrected chi connectivity index (χ3v) is 6.45. The van der Waals surface area contributed by atoms with Crippen molar-refractivity contribution < 1.29 is 18.4 Å². The minimum absolute atomic E-state index is 0.00344. The zero-order valence-electron chi connectivity index (χ0n) is 19.3. The maximum Gasteiger partial charge on any atom is 0.264 e. The summed E-state index contributed by atoms with van der Waals surface area (Å²) in [5.41, 5.74) is 1.28. The summed E-state index contributed by atoms with van der Waals surface area (Å²) in [6, 6.07) is 16.3. The molecule has 0 saturated carbocycles. The minimum Gasteiger partial charge on any atom is -0.464 e. The van der Waals surface area contributed by atoms with Crippen LogP contribution in [0.5, 0.6) is 0 Å².